The van der Waals surface area contributed by atoms with Crippen LogP contribution in [0.5, 0.6) is 0 Å². The standard InChI is InChI=1S/C19H23ClN4O2.ClH/c20-15-4-1-3-14(11-15)16-12-21-9-10-24(16)18(25)6-2-5-17-22-19(23-26-17)13-7-8-13;/h1,3-4,11,13,16,21H,2,5-10,12H2;1H. The fourth-order valence-corrected chi connectivity index (χ4v) is 3.62. The molecule has 0 radical (unpaired) electrons. The van der Waals surface area contributed by atoms with Crippen molar-refractivity contribution in [2.75, 3.05) is 19.6 Å². The average molecular weight is 411 g/mol. The molecule has 2 fully saturated rings. The SMILES string of the molecule is Cl.O=C(CCCc1nc(C2CC2)no1)N1CCNCC1c1cccc(Cl)c1. The molecule has 1 aliphatic heterocycles. The minimum absolute atomic E-state index is 0. The van der Waals surface area contributed by atoms with E-state index in [2.05, 4.69) is 15.5 Å². The summed E-state index contributed by atoms with van der Waals surface area (Å²) >= 11 is 6.12. The number of aryl methyl sites for hydroxylation is 1. The lowest BCUT2D eigenvalue weighted by atomic mass is 10.0. The van der Waals surface area contributed by atoms with E-state index in [1.165, 1.54) is 0 Å². The Morgan fingerprint density at radius 1 is 1.37 bits per heavy atom. The number of carbonyl (C=O) groups excluding carboxylic acids is 1. The summed E-state index contributed by atoms with van der Waals surface area (Å²) in [7, 11) is 0. The molecule has 1 saturated heterocycles. The number of nitrogens with zero attached hydrogens (tertiary/aromatic N) is 3. The molecule has 1 unspecified atom stereocenters. The van der Waals surface area contributed by atoms with Crippen molar-refractivity contribution >= 4 is 29.9 Å². The predicted octanol–water partition coefficient (Wildman–Crippen LogP) is 3.52. The molecule has 146 valence electrons. The summed E-state index contributed by atoms with van der Waals surface area (Å²) in [5, 5.41) is 8.09. The smallest absolute Gasteiger partial charge is 0.226 e. The van der Waals surface area contributed by atoms with E-state index in [9.17, 15) is 4.79 Å². The Morgan fingerprint density at radius 3 is 3.00 bits per heavy atom. The molecule has 1 amide bonds. The third-order valence-corrected chi connectivity index (χ3v) is 5.24. The fourth-order valence-electron chi connectivity index (χ4n) is 3.43. The van der Waals surface area contributed by atoms with Gasteiger partial charge in [-0.2, -0.15) is 4.98 Å². The lowest BCUT2D eigenvalue weighted by Gasteiger charge is -2.36. The van der Waals surface area contributed by atoms with Gasteiger partial charge < -0.3 is 14.7 Å². The third-order valence-electron chi connectivity index (χ3n) is 5.00. The van der Waals surface area contributed by atoms with Gasteiger partial charge in [0.25, 0.3) is 0 Å². The molecule has 1 aromatic heterocycles. The van der Waals surface area contributed by atoms with Crippen LogP contribution in [0.2, 0.25) is 5.02 Å². The van der Waals surface area contributed by atoms with Crippen LogP contribution in [0.1, 0.15) is 54.9 Å². The summed E-state index contributed by atoms with van der Waals surface area (Å²) in [6, 6.07) is 7.79. The number of hydrogen-bond acceptors (Lipinski definition) is 5. The highest BCUT2D eigenvalue weighted by molar-refractivity contribution is 6.30. The van der Waals surface area contributed by atoms with Crippen LogP contribution in [0.4, 0.5) is 0 Å². The van der Waals surface area contributed by atoms with Crippen LogP contribution in [0.3, 0.4) is 0 Å². The summed E-state index contributed by atoms with van der Waals surface area (Å²) in [6.07, 6.45) is 4.17. The molecule has 0 bridgehead atoms. The Hall–Kier alpha value is -1.63. The van der Waals surface area contributed by atoms with E-state index in [0.29, 0.717) is 36.2 Å². The second kappa shape index (κ2) is 9.04. The molecule has 6 nitrogen and oxygen atoms in total. The second-order valence-electron chi connectivity index (χ2n) is 7.04. The predicted molar refractivity (Wildman–Crippen MR) is 105 cm³/mol. The Bertz CT molecular complexity index is 779. The number of nitrogens with one attached hydrogen (secondary N) is 1. The highest BCUT2D eigenvalue weighted by Gasteiger charge is 2.29. The third kappa shape index (κ3) is 5.00. The molecule has 2 aliphatic rings. The Balaban J connectivity index is 0.00000210. The summed E-state index contributed by atoms with van der Waals surface area (Å²) < 4.78 is 5.29. The van der Waals surface area contributed by atoms with Crippen molar-refractivity contribution in [3.05, 3.63) is 46.6 Å². The summed E-state index contributed by atoms with van der Waals surface area (Å²) in [5.74, 6) is 2.13. The first-order valence-corrected chi connectivity index (χ1v) is 9.66. The first-order chi connectivity index (χ1) is 12.7. The zero-order valence-electron chi connectivity index (χ0n) is 15.1. The van der Waals surface area contributed by atoms with Crippen molar-refractivity contribution in [2.24, 2.45) is 0 Å². The van der Waals surface area contributed by atoms with Crippen molar-refractivity contribution in [3.8, 4) is 0 Å². The molecular weight excluding hydrogens is 387 g/mol. The molecule has 4 rings (SSSR count). The van der Waals surface area contributed by atoms with Gasteiger partial charge in [0.1, 0.15) is 0 Å². The van der Waals surface area contributed by atoms with Gasteiger partial charge in [-0.05, 0) is 37.0 Å². The maximum Gasteiger partial charge on any atom is 0.226 e. The molecule has 1 saturated carbocycles. The van der Waals surface area contributed by atoms with Gasteiger partial charge in [0, 0.05) is 43.4 Å². The van der Waals surface area contributed by atoms with Gasteiger partial charge in [-0.25, -0.2) is 0 Å². The number of halogens is 2. The van der Waals surface area contributed by atoms with E-state index in [1.54, 1.807) is 0 Å². The van der Waals surface area contributed by atoms with Crippen LogP contribution in [0, 0.1) is 0 Å². The first kappa shape index (κ1) is 20.1. The van der Waals surface area contributed by atoms with Crippen molar-refractivity contribution in [3.63, 3.8) is 0 Å². The van der Waals surface area contributed by atoms with Gasteiger partial charge in [-0.15, -0.1) is 12.4 Å². The molecular formula is C19H24Cl2N4O2. The molecule has 2 aromatic rings. The number of piperazine rings is 1. The lowest BCUT2D eigenvalue weighted by molar-refractivity contribution is -0.134. The lowest BCUT2D eigenvalue weighted by Crippen LogP contribution is -2.48. The van der Waals surface area contributed by atoms with Gasteiger partial charge in [0.05, 0.1) is 6.04 Å². The van der Waals surface area contributed by atoms with E-state index >= 15 is 0 Å². The molecule has 2 heterocycles. The van der Waals surface area contributed by atoms with Gasteiger partial charge in [-0.1, -0.05) is 28.9 Å². The van der Waals surface area contributed by atoms with Crippen molar-refractivity contribution in [2.45, 2.75) is 44.1 Å². The Labute approximate surface area is 170 Å². The van der Waals surface area contributed by atoms with E-state index in [4.69, 9.17) is 16.1 Å². The van der Waals surface area contributed by atoms with E-state index in [-0.39, 0.29) is 24.4 Å². The number of benzene rings is 1. The van der Waals surface area contributed by atoms with E-state index in [0.717, 1.165) is 43.7 Å². The summed E-state index contributed by atoms with van der Waals surface area (Å²) in [4.78, 5) is 19.2. The van der Waals surface area contributed by atoms with Gasteiger partial charge in [0.2, 0.25) is 11.8 Å². The number of carbonyl (C=O) groups is 1. The van der Waals surface area contributed by atoms with Gasteiger partial charge in [0.15, 0.2) is 5.82 Å². The van der Waals surface area contributed by atoms with Gasteiger partial charge in [-0.3, -0.25) is 4.79 Å². The highest BCUT2D eigenvalue weighted by Crippen LogP contribution is 2.38. The van der Waals surface area contributed by atoms with E-state index < -0.39 is 0 Å². The zero-order valence-corrected chi connectivity index (χ0v) is 16.6. The van der Waals surface area contributed by atoms with Gasteiger partial charge >= 0.3 is 0 Å². The molecule has 1 aromatic carbocycles. The molecule has 1 atom stereocenters. The molecule has 27 heavy (non-hydrogen) atoms. The number of amides is 1. The quantitative estimate of drug-likeness (QED) is 0.788. The topological polar surface area (TPSA) is 71.3 Å². The van der Waals surface area contributed by atoms with Crippen LogP contribution < -0.4 is 5.32 Å². The van der Waals surface area contributed by atoms with Crippen LogP contribution in [-0.2, 0) is 11.2 Å². The van der Waals surface area contributed by atoms with Crippen LogP contribution in [-0.4, -0.2) is 40.6 Å². The number of rotatable bonds is 6. The maximum absolute atomic E-state index is 12.8. The number of aromatic nitrogens is 2. The normalized spacial score (nSPS) is 19.6. The second-order valence-corrected chi connectivity index (χ2v) is 7.47. The minimum Gasteiger partial charge on any atom is -0.339 e. The van der Waals surface area contributed by atoms with Crippen LogP contribution in [0.25, 0.3) is 0 Å². The summed E-state index contributed by atoms with van der Waals surface area (Å²) in [5.41, 5.74) is 1.07. The van der Waals surface area contributed by atoms with Crippen molar-refractivity contribution in [1.29, 1.82) is 0 Å². The Kier molecular flexibility index (Phi) is 6.73. The van der Waals surface area contributed by atoms with E-state index in [1.807, 2.05) is 29.2 Å². The summed E-state index contributed by atoms with van der Waals surface area (Å²) in [6.45, 7) is 2.28. The van der Waals surface area contributed by atoms with Crippen LogP contribution in [0.15, 0.2) is 28.8 Å². The zero-order chi connectivity index (χ0) is 17.9. The Morgan fingerprint density at radius 2 is 2.22 bits per heavy atom. The molecule has 8 heteroatoms. The number of hydrogen-bond donors (Lipinski definition) is 1. The molecule has 1 N–H and O–H groups in total. The highest BCUT2D eigenvalue weighted by atomic mass is 35.5. The first-order valence-electron chi connectivity index (χ1n) is 9.29. The maximum atomic E-state index is 12.8. The average Bonchev–Trinajstić information content (AvgIpc) is 3.40. The molecule has 1 aliphatic carbocycles. The monoisotopic (exact) mass is 410 g/mol. The van der Waals surface area contributed by atoms with Crippen LogP contribution >= 0.6 is 24.0 Å². The fraction of sp³-hybridized carbons (Fsp3) is 0.526. The largest absolute Gasteiger partial charge is 0.339 e. The van der Waals surface area contributed by atoms with Crippen molar-refractivity contribution in [1.82, 2.24) is 20.4 Å². The molecule has 0 spiro atoms. The minimum atomic E-state index is 0. The van der Waals surface area contributed by atoms with Crippen molar-refractivity contribution < 1.29 is 9.32 Å².